The number of nitrogens with one attached hydrogen (secondary N) is 1. The van der Waals surface area contributed by atoms with E-state index in [9.17, 15) is 18.4 Å². The van der Waals surface area contributed by atoms with Gasteiger partial charge in [0.25, 0.3) is 0 Å². The Morgan fingerprint density at radius 1 is 1.24 bits per heavy atom. The lowest BCUT2D eigenvalue weighted by Gasteiger charge is -2.33. The van der Waals surface area contributed by atoms with E-state index in [0.717, 1.165) is 12.1 Å². The molecule has 0 radical (unpaired) electrons. The highest BCUT2D eigenvalue weighted by Gasteiger charge is 2.23. The van der Waals surface area contributed by atoms with Crippen LogP contribution in [0.5, 0.6) is 0 Å². The minimum Gasteiger partial charge on any atom is -0.450 e. The third-order valence-corrected chi connectivity index (χ3v) is 4.07. The van der Waals surface area contributed by atoms with E-state index in [1.54, 1.807) is 18.7 Å². The Balaban J connectivity index is 1.80. The molecule has 1 aliphatic heterocycles. The summed E-state index contributed by atoms with van der Waals surface area (Å²) in [4.78, 5) is 27.3. The predicted octanol–water partition coefficient (Wildman–Crippen LogP) is 1.92. The van der Waals surface area contributed by atoms with Crippen LogP contribution in [0.3, 0.4) is 0 Å². The van der Waals surface area contributed by atoms with Gasteiger partial charge in [0.05, 0.1) is 19.2 Å². The standard InChI is InChI=1S/C17H23F2N3O3/c1-3-25-17(24)22-8-6-21(7-9-22)11-16(23)20-12(2)14-5-4-13(18)10-15(14)19/h4-5,10,12H,3,6-9,11H2,1-2H3,(H,20,23)/t12-/m0/s1. The molecule has 1 saturated heterocycles. The topological polar surface area (TPSA) is 61.9 Å². The van der Waals surface area contributed by atoms with Crippen molar-refractivity contribution in [2.75, 3.05) is 39.3 Å². The lowest BCUT2D eigenvalue weighted by molar-refractivity contribution is -0.123. The Hall–Kier alpha value is -2.22. The summed E-state index contributed by atoms with van der Waals surface area (Å²) >= 11 is 0. The Morgan fingerprint density at radius 2 is 1.92 bits per heavy atom. The van der Waals surface area contributed by atoms with Crippen LogP contribution in [0.2, 0.25) is 0 Å². The first-order chi connectivity index (χ1) is 11.9. The second kappa shape index (κ2) is 8.75. The number of carbonyl (C=O) groups excluding carboxylic acids is 2. The number of carbonyl (C=O) groups is 2. The fraction of sp³-hybridized carbons (Fsp3) is 0.529. The van der Waals surface area contributed by atoms with E-state index in [0.29, 0.717) is 32.8 Å². The van der Waals surface area contributed by atoms with Crippen molar-refractivity contribution in [2.24, 2.45) is 0 Å². The summed E-state index contributed by atoms with van der Waals surface area (Å²) in [7, 11) is 0. The Labute approximate surface area is 145 Å². The van der Waals surface area contributed by atoms with Crippen LogP contribution in [-0.4, -0.2) is 61.1 Å². The number of piperazine rings is 1. The van der Waals surface area contributed by atoms with Crippen molar-refractivity contribution in [2.45, 2.75) is 19.9 Å². The molecule has 1 N–H and O–H groups in total. The van der Waals surface area contributed by atoms with Crippen LogP contribution in [0.1, 0.15) is 25.5 Å². The summed E-state index contributed by atoms with van der Waals surface area (Å²) in [5.74, 6) is -1.59. The zero-order valence-electron chi connectivity index (χ0n) is 14.4. The number of hydrogen-bond acceptors (Lipinski definition) is 4. The van der Waals surface area contributed by atoms with Crippen molar-refractivity contribution in [3.63, 3.8) is 0 Å². The molecule has 0 saturated carbocycles. The first-order valence-electron chi connectivity index (χ1n) is 8.29. The van der Waals surface area contributed by atoms with Crippen molar-refractivity contribution in [1.29, 1.82) is 0 Å². The first-order valence-corrected chi connectivity index (χ1v) is 8.29. The van der Waals surface area contributed by atoms with Crippen LogP contribution >= 0.6 is 0 Å². The summed E-state index contributed by atoms with van der Waals surface area (Å²) in [5, 5.41) is 2.71. The van der Waals surface area contributed by atoms with Crippen LogP contribution in [0.4, 0.5) is 13.6 Å². The van der Waals surface area contributed by atoms with Gasteiger partial charge in [0, 0.05) is 37.8 Å². The molecule has 1 aliphatic rings. The van der Waals surface area contributed by atoms with Gasteiger partial charge in [0.1, 0.15) is 11.6 Å². The van der Waals surface area contributed by atoms with Crippen molar-refractivity contribution >= 4 is 12.0 Å². The highest BCUT2D eigenvalue weighted by atomic mass is 19.1. The molecule has 0 unspecified atom stereocenters. The Bertz CT molecular complexity index is 619. The van der Waals surface area contributed by atoms with Crippen molar-refractivity contribution in [1.82, 2.24) is 15.1 Å². The number of rotatable bonds is 5. The largest absolute Gasteiger partial charge is 0.450 e. The normalized spacial score (nSPS) is 16.4. The van der Waals surface area contributed by atoms with Gasteiger partial charge in [0.2, 0.25) is 5.91 Å². The summed E-state index contributed by atoms with van der Waals surface area (Å²) in [6, 6.07) is 2.73. The Morgan fingerprint density at radius 3 is 2.52 bits per heavy atom. The van der Waals surface area contributed by atoms with Gasteiger partial charge in [-0.2, -0.15) is 0 Å². The fourth-order valence-corrected chi connectivity index (χ4v) is 2.72. The van der Waals surface area contributed by atoms with Gasteiger partial charge in [-0.3, -0.25) is 9.69 Å². The van der Waals surface area contributed by atoms with Crippen LogP contribution < -0.4 is 5.32 Å². The maximum absolute atomic E-state index is 13.7. The molecule has 1 heterocycles. The van der Waals surface area contributed by atoms with E-state index >= 15 is 0 Å². The molecule has 0 bridgehead atoms. The van der Waals surface area contributed by atoms with Crippen LogP contribution in [-0.2, 0) is 9.53 Å². The van der Waals surface area contributed by atoms with E-state index in [1.165, 1.54) is 6.07 Å². The van der Waals surface area contributed by atoms with Crippen LogP contribution in [0.25, 0.3) is 0 Å². The van der Waals surface area contributed by atoms with Crippen LogP contribution in [0, 0.1) is 11.6 Å². The summed E-state index contributed by atoms with van der Waals surface area (Å²) in [6.07, 6.45) is -0.341. The number of ether oxygens (including phenoxy) is 1. The summed E-state index contributed by atoms with van der Waals surface area (Å²) in [6.45, 7) is 6.00. The van der Waals surface area contributed by atoms with Gasteiger partial charge in [-0.15, -0.1) is 0 Å². The molecule has 1 aromatic carbocycles. The quantitative estimate of drug-likeness (QED) is 0.877. The highest BCUT2D eigenvalue weighted by molar-refractivity contribution is 5.78. The van der Waals surface area contributed by atoms with Crippen molar-refractivity contribution < 1.29 is 23.1 Å². The monoisotopic (exact) mass is 355 g/mol. The molecule has 0 aromatic heterocycles. The molecule has 6 nitrogen and oxygen atoms in total. The molecular weight excluding hydrogens is 332 g/mol. The molecule has 2 rings (SSSR count). The smallest absolute Gasteiger partial charge is 0.409 e. The lowest BCUT2D eigenvalue weighted by Crippen LogP contribution is -2.51. The second-order valence-corrected chi connectivity index (χ2v) is 5.92. The fourth-order valence-electron chi connectivity index (χ4n) is 2.72. The average molecular weight is 355 g/mol. The molecule has 1 fully saturated rings. The van der Waals surface area contributed by atoms with Crippen molar-refractivity contribution in [3.8, 4) is 0 Å². The zero-order valence-corrected chi connectivity index (χ0v) is 14.4. The molecule has 25 heavy (non-hydrogen) atoms. The highest BCUT2D eigenvalue weighted by Crippen LogP contribution is 2.17. The lowest BCUT2D eigenvalue weighted by atomic mass is 10.1. The number of amides is 2. The molecule has 1 aromatic rings. The summed E-state index contributed by atoms with van der Waals surface area (Å²) in [5.41, 5.74) is 0.238. The molecule has 1 atom stereocenters. The maximum Gasteiger partial charge on any atom is 0.409 e. The molecular formula is C17H23F2N3O3. The third kappa shape index (κ3) is 5.38. The molecule has 0 aliphatic carbocycles. The average Bonchev–Trinajstić information content (AvgIpc) is 2.55. The molecule has 0 spiro atoms. The van der Waals surface area contributed by atoms with Gasteiger partial charge < -0.3 is 15.0 Å². The first kappa shape index (κ1) is 19.1. The Kier molecular flexibility index (Phi) is 6.69. The summed E-state index contributed by atoms with van der Waals surface area (Å²) < 4.78 is 31.6. The third-order valence-electron chi connectivity index (χ3n) is 4.07. The van der Waals surface area contributed by atoms with E-state index in [-0.39, 0.29) is 24.1 Å². The van der Waals surface area contributed by atoms with Gasteiger partial charge in [-0.1, -0.05) is 6.07 Å². The minimum absolute atomic E-state index is 0.157. The van der Waals surface area contributed by atoms with Gasteiger partial charge in [-0.25, -0.2) is 13.6 Å². The predicted molar refractivity (Wildman–Crippen MR) is 88.0 cm³/mol. The van der Waals surface area contributed by atoms with Gasteiger partial charge in [0.15, 0.2) is 0 Å². The molecule has 8 heteroatoms. The van der Waals surface area contributed by atoms with Crippen molar-refractivity contribution in [3.05, 3.63) is 35.4 Å². The second-order valence-electron chi connectivity index (χ2n) is 5.92. The minimum atomic E-state index is -0.684. The number of nitrogens with zero attached hydrogens (tertiary/aromatic N) is 2. The molecule has 2 amide bonds. The number of halogens is 2. The molecule has 138 valence electrons. The number of hydrogen-bond donors (Lipinski definition) is 1. The van der Waals surface area contributed by atoms with E-state index in [2.05, 4.69) is 5.32 Å². The zero-order chi connectivity index (χ0) is 18.4. The van der Waals surface area contributed by atoms with Crippen LogP contribution in [0.15, 0.2) is 18.2 Å². The van der Waals surface area contributed by atoms with E-state index in [4.69, 9.17) is 4.74 Å². The van der Waals surface area contributed by atoms with E-state index < -0.39 is 17.7 Å². The van der Waals surface area contributed by atoms with E-state index in [1.807, 2.05) is 4.90 Å². The SMILES string of the molecule is CCOC(=O)N1CCN(CC(=O)N[C@@H](C)c2ccc(F)cc2F)CC1. The van der Waals surface area contributed by atoms with Gasteiger partial charge >= 0.3 is 6.09 Å². The maximum atomic E-state index is 13.7. The number of benzene rings is 1. The van der Waals surface area contributed by atoms with Gasteiger partial charge in [-0.05, 0) is 19.9 Å².